The van der Waals surface area contributed by atoms with Crippen LogP contribution in [0.5, 0.6) is 0 Å². The molecule has 2 amide bonds. The van der Waals surface area contributed by atoms with Gasteiger partial charge in [0.05, 0.1) is 12.3 Å². The summed E-state index contributed by atoms with van der Waals surface area (Å²) in [5, 5.41) is 12.8. The zero-order valence-corrected chi connectivity index (χ0v) is 15.3. The van der Waals surface area contributed by atoms with Gasteiger partial charge in [-0.1, -0.05) is 32.1 Å². The predicted octanol–water partition coefficient (Wildman–Crippen LogP) is 3.20. The van der Waals surface area contributed by atoms with Gasteiger partial charge in [0.25, 0.3) is 0 Å². The van der Waals surface area contributed by atoms with Gasteiger partial charge in [0.15, 0.2) is 5.13 Å². The third-order valence-electron chi connectivity index (χ3n) is 3.84. The molecule has 0 saturated carbocycles. The molecule has 0 bridgehead atoms. The Hall–Kier alpha value is -2.19. The van der Waals surface area contributed by atoms with Gasteiger partial charge in [-0.2, -0.15) is 0 Å². The molecule has 2 N–H and O–H groups in total. The van der Waals surface area contributed by atoms with E-state index >= 15 is 0 Å². The van der Waals surface area contributed by atoms with Crippen LogP contribution >= 0.6 is 11.3 Å². The summed E-state index contributed by atoms with van der Waals surface area (Å²) < 4.78 is 5.70. The number of urea groups is 1. The Bertz CT molecular complexity index is 775. The van der Waals surface area contributed by atoms with E-state index in [0.29, 0.717) is 30.5 Å². The number of anilines is 1. The maximum Gasteiger partial charge on any atom is 0.323 e. The van der Waals surface area contributed by atoms with Crippen LogP contribution < -0.4 is 5.32 Å². The smallest absolute Gasteiger partial charge is 0.323 e. The monoisotopic (exact) mass is 362 g/mol. The molecule has 7 nitrogen and oxygen atoms in total. The first-order valence-corrected chi connectivity index (χ1v) is 8.97. The summed E-state index contributed by atoms with van der Waals surface area (Å²) in [6.07, 6.45) is 7.24. The van der Waals surface area contributed by atoms with Gasteiger partial charge >= 0.3 is 6.03 Å². The number of β-amino-alcohol motifs (C(OH)–C–C–N with tert-alkyl or cyclic N) is 1. The molecule has 0 aliphatic carbocycles. The Morgan fingerprint density at radius 1 is 1.40 bits per heavy atom. The fourth-order valence-electron chi connectivity index (χ4n) is 2.38. The second kappa shape index (κ2) is 6.97. The van der Waals surface area contributed by atoms with E-state index in [1.54, 1.807) is 23.4 Å². The fraction of sp³-hybridized carbons (Fsp3) is 0.471. The van der Waals surface area contributed by atoms with Crippen LogP contribution in [0, 0.1) is 0 Å². The Labute approximate surface area is 150 Å². The molecule has 2 aromatic heterocycles. The number of hydrogen-bond donors (Lipinski definition) is 2. The SMILES string of the molecule is CC(C)(C)c1cnc(C=Cc2cnc(NC(=O)N3CCC(O)C3)s2)o1. The topological polar surface area (TPSA) is 91.5 Å². The summed E-state index contributed by atoms with van der Waals surface area (Å²) in [5.74, 6) is 1.37. The summed E-state index contributed by atoms with van der Waals surface area (Å²) in [6.45, 7) is 7.13. The summed E-state index contributed by atoms with van der Waals surface area (Å²) in [6, 6.07) is -0.232. The molecular formula is C17H22N4O3S. The fourth-order valence-corrected chi connectivity index (χ4v) is 3.09. The van der Waals surface area contributed by atoms with Crippen molar-refractivity contribution >= 4 is 34.7 Å². The lowest BCUT2D eigenvalue weighted by Crippen LogP contribution is -2.33. The number of nitrogens with zero attached hydrogens (tertiary/aromatic N) is 3. The first-order valence-electron chi connectivity index (χ1n) is 8.15. The molecule has 1 fully saturated rings. The Kier molecular flexibility index (Phi) is 4.91. The van der Waals surface area contributed by atoms with E-state index in [4.69, 9.17) is 4.42 Å². The number of carbonyl (C=O) groups excluding carboxylic acids is 1. The molecule has 134 valence electrons. The van der Waals surface area contributed by atoms with Crippen molar-refractivity contribution in [2.45, 2.75) is 38.7 Å². The van der Waals surface area contributed by atoms with Gasteiger partial charge in [0.1, 0.15) is 5.76 Å². The van der Waals surface area contributed by atoms with Crippen molar-refractivity contribution in [2.24, 2.45) is 0 Å². The van der Waals surface area contributed by atoms with Gasteiger partial charge < -0.3 is 14.4 Å². The van der Waals surface area contributed by atoms with Crippen LogP contribution in [0.25, 0.3) is 12.2 Å². The number of aliphatic hydroxyl groups excluding tert-OH is 1. The molecule has 3 heterocycles. The zero-order valence-electron chi connectivity index (χ0n) is 14.5. The van der Waals surface area contributed by atoms with Crippen LogP contribution in [-0.4, -0.2) is 45.2 Å². The zero-order chi connectivity index (χ0) is 18.0. The number of likely N-dealkylation sites (tertiary alicyclic amines) is 1. The minimum atomic E-state index is -0.431. The third kappa shape index (κ3) is 4.46. The van der Waals surface area contributed by atoms with Gasteiger partial charge in [-0.25, -0.2) is 14.8 Å². The van der Waals surface area contributed by atoms with E-state index in [2.05, 4.69) is 36.1 Å². The highest BCUT2D eigenvalue weighted by Crippen LogP contribution is 2.25. The number of oxazole rings is 1. The molecule has 25 heavy (non-hydrogen) atoms. The first kappa shape index (κ1) is 17.6. The van der Waals surface area contributed by atoms with Crippen LogP contribution in [-0.2, 0) is 5.41 Å². The van der Waals surface area contributed by atoms with Crippen LogP contribution in [0.15, 0.2) is 16.8 Å². The molecule has 8 heteroatoms. The second-order valence-corrected chi connectivity index (χ2v) is 8.09. The van der Waals surface area contributed by atoms with E-state index in [1.165, 1.54) is 11.3 Å². The summed E-state index contributed by atoms with van der Waals surface area (Å²) in [7, 11) is 0. The van der Waals surface area contributed by atoms with E-state index in [-0.39, 0.29) is 11.4 Å². The lowest BCUT2D eigenvalue weighted by molar-refractivity contribution is 0.176. The highest BCUT2D eigenvalue weighted by molar-refractivity contribution is 7.16. The molecule has 1 aliphatic rings. The van der Waals surface area contributed by atoms with Crippen LogP contribution in [0.3, 0.4) is 0 Å². The lowest BCUT2D eigenvalue weighted by Gasteiger charge is -2.14. The highest BCUT2D eigenvalue weighted by Gasteiger charge is 2.25. The minimum absolute atomic E-state index is 0.0792. The number of rotatable bonds is 3. The van der Waals surface area contributed by atoms with Gasteiger partial charge in [-0.05, 0) is 12.5 Å². The summed E-state index contributed by atoms with van der Waals surface area (Å²) in [4.78, 5) is 23.0. The molecule has 1 unspecified atom stereocenters. The lowest BCUT2D eigenvalue weighted by atomic mass is 9.94. The Balaban J connectivity index is 1.60. The van der Waals surface area contributed by atoms with Gasteiger partial charge in [-0.15, -0.1) is 0 Å². The molecule has 1 aliphatic heterocycles. The number of amides is 2. The van der Waals surface area contributed by atoms with Gasteiger partial charge in [0.2, 0.25) is 5.89 Å². The minimum Gasteiger partial charge on any atom is -0.441 e. The maximum atomic E-state index is 12.1. The van der Waals surface area contributed by atoms with Crippen LogP contribution in [0.4, 0.5) is 9.93 Å². The van der Waals surface area contributed by atoms with E-state index in [9.17, 15) is 9.90 Å². The number of aromatic nitrogens is 2. The van der Waals surface area contributed by atoms with Crippen LogP contribution in [0.2, 0.25) is 0 Å². The molecular weight excluding hydrogens is 340 g/mol. The maximum absolute atomic E-state index is 12.1. The standard InChI is InChI=1S/C17H22N4O3S/c1-17(2,3)13-9-18-14(24-13)5-4-12-8-19-15(25-12)20-16(23)21-7-6-11(22)10-21/h4-5,8-9,11,22H,6-7,10H2,1-3H3,(H,19,20,23). The molecule has 1 atom stereocenters. The van der Waals surface area contributed by atoms with E-state index < -0.39 is 6.10 Å². The van der Waals surface area contributed by atoms with Crippen molar-refractivity contribution in [1.29, 1.82) is 0 Å². The quantitative estimate of drug-likeness (QED) is 0.875. The van der Waals surface area contributed by atoms with Crippen molar-refractivity contribution in [2.75, 3.05) is 18.4 Å². The number of thiazole rings is 1. The largest absolute Gasteiger partial charge is 0.441 e. The molecule has 0 spiro atoms. The molecule has 3 rings (SSSR count). The highest BCUT2D eigenvalue weighted by atomic mass is 32.1. The number of carbonyl (C=O) groups is 1. The first-order chi connectivity index (χ1) is 11.8. The number of hydrogen-bond acceptors (Lipinski definition) is 6. The van der Waals surface area contributed by atoms with Crippen molar-refractivity contribution in [3.63, 3.8) is 0 Å². The molecule has 1 saturated heterocycles. The molecule has 0 radical (unpaired) electrons. The average molecular weight is 362 g/mol. The van der Waals surface area contributed by atoms with E-state index in [1.807, 2.05) is 6.08 Å². The van der Waals surface area contributed by atoms with Crippen molar-refractivity contribution < 1.29 is 14.3 Å². The molecule has 0 aromatic carbocycles. The van der Waals surface area contributed by atoms with Crippen molar-refractivity contribution in [1.82, 2.24) is 14.9 Å². The van der Waals surface area contributed by atoms with E-state index in [0.717, 1.165) is 10.6 Å². The molecule has 2 aromatic rings. The van der Waals surface area contributed by atoms with Crippen molar-refractivity contribution in [3.8, 4) is 0 Å². The van der Waals surface area contributed by atoms with Crippen molar-refractivity contribution in [3.05, 3.63) is 28.9 Å². The number of nitrogens with one attached hydrogen (secondary N) is 1. The summed E-state index contributed by atoms with van der Waals surface area (Å²) >= 11 is 1.36. The Morgan fingerprint density at radius 3 is 2.84 bits per heavy atom. The third-order valence-corrected chi connectivity index (χ3v) is 4.72. The number of aliphatic hydroxyl groups is 1. The normalized spacial score (nSPS) is 18.2. The Morgan fingerprint density at radius 2 is 2.20 bits per heavy atom. The second-order valence-electron chi connectivity index (χ2n) is 7.03. The summed E-state index contributed by atoms with van der Waals surface area (Å²) in [5.41, 5.74) is -0.0792. The average Bonchev–Trinajstić information content (AvgIpc) is 3.24. The van der Waals surface area contributed by atoms with Gasteiger partial charge in [0, 0.05) is 35.7 Å². The van der Waals surface area contributed by atoms with Crippen LogP contribution in [0.1, 0.15) is 43.7 Å². The predicted molar refractivity (Wildman–Crippen MR) is 97.5 cm³/mol. The van der Waals surface area contributed by atoms with Gasteiger partial charge in [-0.3, -0.25) is 5.32 Å².